The van der Waals surface area contributed by atoms with Crippen molar-refractivity contribution >= 4 is 17.0 Å². The smallest absolute Gasteiger partial charge is 0.258 e. The summed E-state index contributed by atoms with van der Waals surface area (Å²) in [6.45, 7) is 7.19. The first-order valence-electron chi connectivity index (χ1n) is 7.76. The Hall–Kier alpha value is -1.95. The maximum atomic E-state index is 13.0. The van der Waals surface area contributed by atoms with E-state index in [1.54, 1.807) is 0 Å². The van der Waals surface area contributed by atoms with Crippen LogP contribution in [0.4, 0.5) is 0 Å². The van der Waals surface area contributed by atoms with Gasteiger partial charge in [0, 0.05) is 24.8 Å². The van der Waals surface area contributed by atoms with Crippen LogP contribution in [-0.2, 0) is 0 Å². The molecule has 1 aliphatic rings. The molecule has 1 amide bonds. The molecular formula is C16H22N4O2. The molecule has 2 aromatic rings. The average Bonchev–Trinajstić information content (AvgIpc) is 2.87. The topological polar surface area (TPSA) is 85.2 Å². The number of nitrogens with two attached hydrogens (primary N) is 1. The second kappa shape index (κ2) is 5.68. The van der Waals surface area contributed by atoms with Gasteiger partial charge in [0.2, 0.25) is 0 Å². The largest absolute Gasteiger partial charge is 0.338 e. The number of aryl methyl sites for hydroxylation is 2. The zero-order chi connectivity index (χ0) is 15.9. The molecule has 3 rings (SSSR count). The Kier molecular flexibility index (Phi) is 3.87. The third-order valence-corrected chi connectivity index (χ3v) is 4.46. The molecule has 1 saturated heterocycles. The monoisotopic (exact) mass is 302 g/mol. The van der Waals surface area contributed by atoms with Crippen LogP contribution in [0.25, 0.3) is 11.1 Å². The number of pyridine rings is 1. The first-order chi connectivity index (χ1) is 10.5. The molecule has 0 spiro atoms. The van der Waals surface area contributed by atoms with E-state index in [-0.39, 0.29) is 11.9 Å². The summed E-state index contributed by atoms with van der Waals surface area (Å²) in [5.74, 6) is 0.381. The molecule has 2 aromatic heterocycles. The van der Waals surface area contributed by atoms with Crippen molar-refractivity contribution in [1.82, 2.24) is 15.0 Å². The maximum Gasteiger partial charge on any atom is 0.258 e. The molecule has 1 aliphatic heterocycles. The van der Waals surface area contributed by atoms with Gasteiger partial charge in [-0.25, -0.2) is 4.98 Å². The molecule has 6 heteroatoms. The van der Waals surface area contributed by atoms with Gasteiger partial charge in [0.15, 0.2) is 0 Å². The number of hydrogen-bond acceptors (Lipinski definition) is 5. The number of aromatic nitrogens is 2. The third kappa shape index (κ3) is 2.59. The molecule has 0 aliphatic carbocycles. The Morgan fingerprint density at radius 1 is 1.50 bits per heavy atom. The molecule has 2 N–H and O–H groups in total. The summed E-state index contributed by atoms with van der Waals surface area (Å²) < 4.78 is 5.22. The minimum atomic E-state index is 0.0205. The minimum Gasteiger partial charge on any atom is -0.338 e. The van der Waals surface area contributed by atoms with Crippen molar-refractivity contribution in [2.24, 2.45) is 11.7 Å². The van der Waals surface area contributed by atoms with Gasteiger partial charge in [0.1, 0.15) is 0 Å². The van der Waals surface area contributed by atoms with Gasteiger partial charge in [-0.1, -0.05) is 5.16 Å². The zero-order valence-electron chi connectivity index (χ0n) is 13.3. The summed E-state index contributed by atoms with van der Waals surface area (Å²) >= 11 is 0. The Bertz CT molecular complexity index is 707. The molecule has 22 heavy (non-hydrogen) atoms. The molecule has 0 radical (unpaired) electrons. The van der Waals surface area contributed by atoms with Gasteiger partial charge in [-0.05, 0) is 45.6 Å². The van der Waals surface area contributed by atoms with Gasteiger partial charge in [0.25, 0.3) is 11.6 Å². The predicted molar refractivity (Wildman–Crippen MR) is 83.6 cm³/mol. The molecule has 3 heterocycles. The standard InChI is InChI=1S/C16H22N4O2/c1-9-7-13(14-11(3)19-22-15(14)18-9)16(21)20-6-4-5-12(8-20)10(2)17/h7,10,12H,4-6,8,17H2,1-3H3. The fourth-order valence-electron chi connectivity index (χ4n) is 3.18. The molecular weight excluding hydrogens is 280 g/mol. The van der Waals surface area contributed by atoms with Crippen molar-refractivity contribution in [3.05, 3.63) is 23.0 Å². The van der Waals surface area contributed by atoms with Gasteiger partial charge < -0.3 is 15.2 Å². The molecule has 1 fully saturated rings. The first kappa shape index (κ1) is 15.0. The van der Waals surface area contributed by atoms with Crippen LogP contribution in [0.3, 0.4) is 0 Å². The highest BCUT2D eigenvalue weighted by Gasteiger charge is 2.28. The third-order valence-electron chi connectivity index (χ3n) is 4.46. The van der Waals surface area contributed by atoms with Gasteiger partial charge in [-0.3, -0.25) is 4.79 Å². The summed E-state index contributed by atoms with van der Waals surface area (Å²) in [4.78, 5) is 19.2. The van der Waals surface area contributed by atoms with Crippen molar-refractivity contribution in [3.63, 3.8) is 0 Å². The number of carbonyl (C=O) groups is 1. The van der Waals surface area contributed by atoms with Crippen LogP contribution in [0.1, 0.15) is 41.5 Å². The number of likely N-dealkylation sites (tertiary alicyclic amines) is 1. The van der Waals surface area contributed by atoms with Crippen molar-refractivity contribution in [2.45, 2.75) is 39.7 Å². The Balaban J connectivity index is 1.96. The highest BCUT2D eigenvalue weighted by Crippen LogP contribution is 2.26. The van der Waals surface area contributed by atoms with E-state index < -0.39 is 0 Å². The van der Waals surface area contributed by atoms with Crippen molar-refractivity contribution < 1.29 is 9.32 Å². The van der Waals surface area contributed by atoms with Crippen LogP contribution in [0.15, 0.2) is 10.6 Å². The van der Waals surface area contributed by atoms with Crippen LogP contribution in [0.5, 0.6) is 0 Å². The molecule has 0 aromatic carbocycles. The van der Waals surface area contributed by atoms with Crippen LogP contribution >= 0.6 is 0 Å². The normalized spacial score (nSPS) is 20.4. The van der Waals surface area contributed by atoms with E-state index in [0.29, 0.717) is 29.4 Å². The van der Waals surface area contributed by atoms with E-state index in [4.69, 9.17) is 10.3 Å². The summed E-state index contributed by atoms with van der Waals surface area (Å²) in [7, 11) is 0. The lowest BCUT2D eigenvalue weighted by molar-refractivity contribution is 0.0662. The molecule has 2 atom stereocenters. The first-order valence-corrected chi connectivity index (χ1v) is 7.76. The fraction of sp³-hybridized carbons (Fsp3) is 0.562. The summed E-state index contributed by atoms with van der Waals surface area (Å²) in [6, 6.07) is 1.93. The highest BCUT2D eigenvalue weighted by atomic mass is 16.5. The molecule has 118 valence electrons. The zero-order valence-corrected chi connectivity index (χ0v) is 13.3. The number of hydrogen-bond donors (Lipinski definition) is 1. The minimum absolute atomic E-state index is 0.0205. The number of amides is 1. The summed E-state index contributed by atoms with van der Waals surface area (Å²) in [5, 5.41) is 4.66. The number of fused-ring (bicyclic) bond motifs is 1. The quantitative estimate of drug-likeness (QED) is 0.917. The lowest BCUT2D eigenvalue weighted by Gasteiger charge is -2.34. The maximum absolute atomic E-state index is 13.0. The number of nitrogens with zero attached hydrogens (tertiary/aromatic N) is 3. The van der Waals surface area contributed by atoms with Crippen molar-refractivity contribution in [3.8, 4) is 0 Å². The highest BCUT2D eigenvalue weighted by molar-refractivity contribution is 6.06. The van der Waals surface area contributed by atoms with Gasteiger partial charge in [-0.2, -0.15) is 0 Å². The predicted octanol–water partition coefficient (Wildman–Crippen LogP) is 2.04. The van der Waals surface area contributed by atoms with E-state index in [1.807, 2.05) is 31.7 Å². The summed E-state index contributed by atoms with van der Waals surface area (Å²) in [5.41, 5.74) is 8.54. The van der Waals surface area contributed by atoms with Crippen LogP contribution in [0, 0.1) is 19.8 Å². The lowest BCUT2D eigenvalue weighted by Crippen LogP contribution is -2.45. The Labute approximate surface area is 129 Å². The molecule has 0 saturated carbocycles. The van der Waals surface area contributed by atoms with Crippen molar-refractivity contribution in [1.29, 1.82) is 0 Å². The number of rotatable bonds is 2. The Morgan fingerprint density at radius 3 is 3.00 bits per heavy atom. The van der Waals surface area contributed by atoms with E-state index in [0.717, 1.165) is 30.5 Å². The average molecular weight is 302 g/mol. The van der Waals surface area contributed by atoms with Crippen LogP contribution < -0.4 is 5.73 Å². The Morgan fingerprint density at radius 2 is 2.27 bits per heavy atom. The molecule has 6 nitrogen and oxygen atoms in total. The summed E-state index contributed by atoms with van der Waals surface area (Å²) in [6.07, 6.45) is 2.08. The van der Waals surface area contributed by atoms with Crippen molar-refractivity contribution in [2.75, 3.05) is 13.1 Å². The van der Waals surface area contributed by atoms with Gasteiger partial charge >= 0.3 is 0 Å². The van der Waals surface area contributed by atoms with E-state index >= 15 is 0 Å². The lowest BCUT2D eigenvalue weighted by atomic mass is 9.91. The van der Waals surface area contributed by atoms with Gasteiger partial charge in [-0.15, -0.1) is 0 Å². The van der Waals surface area contributed by atoms with Crippen LogP contribution in [0.2, 0.25) is 0 Å². The molecule has 0 bridgehead atoms. The van der Waals surface area contributed by atoms with E-state index in [9.17, 15) is 4.79 Å². The fourth-order valence-corrected chi connectivity index (χ4v) is 3.18. The van der Waals surface area contributed by atoms with E-state index in [1.165, 1.54) is 0 Å². The van der Waals surface area contributed by atoms with E-state index in [2.05, 4.69) is 10.1 Å². The number of carbonyl (C=O) groups excluding carboxylic acids is 1. The second-order valence-electron chi connectivity index (χ2n) is 6.27. The number of piperidine rings is 1. The molecule has 2 unspecified atom stereocenters. The van der Waals surface area contributed by atoms with Gasteiger partial charge in [0.05, 0.1) is 16.6 Å². The SMILES string of the molecule is Cc1cc(C(=O)N2CCCC(C(C)N)C2)c2c(C)noc2n1. The second-order valence-corrected chi connectivity index (χ2v) is 6.27. The van der Waals surface area contributed by atoms with Crippen LogP contribution in [-0.4, -0.2) is 40.1 Å².